The molecule has 0 aliphatic carbocycles. The lowest BCUT2D eigenvalue weighted by atomic mass is 10.0. The Labute approximate surface area is 185 Å². The summed E-state index contributed by atoms with van der Waals surface area (Å²) in [6.45, 7) is 0. The third-order valence-electron chi connectivity index (χ3n) is 4.81. The van der Waals surface area contributed by atoms with E-state index in [4.69, 9.17) is 16.3 Å². The molecule has 0 bridgehead atoms. The van der Waals surface area contributed by atoms with Crippen molar-refractivity contribution >= 4 is 40.4 Å². The van der Waals surface area contributed by atoms with Crippen LogP contribution in [0.5, 0.6) is 5.75 Å². The van der Waals surface area contributed by atoms with E-state index in [1.165, 1.54) is 19.2 Å². The highest BCUT2D eigenvalue weighted by Gasteiger charge is 2.41. The predicted octanol–water partition coefficient (Wildman–Crippen LogP) is 5.16. The van der Waals surface area contributed by atoms with E-state index in [1.807, 2.05) is 0 Å². The van der Waals surface area contributed by atoms with Gasteiger partial charge in [-0.15, -0.1) is 0 Å². The summed E-state index contributed by atoms with van der Waals surface area (Å²) in [4.78, 5) is 27.5. The number of benzene rings is 3. The average Bonchev–Trinajstić information content (AvgIpc) is 3.02. The van der Waals surface area contributed by atoms with Gasteiger partial charge in [0.2, 0.25) is 0 Å². The summed E-state index contributed by atoms with van der Waals surface area (Å²) < 4.78 is 46.0. The molecule has 1 heterocycles. The molecule has 3 aromatic rings. The van der Waals surface area contributed by atoms with E-state index in [1.54, 1.807) is 24.3 Å². The second-order valence-electron chi connectivity index (χ2n) is 6.75. The molecule has 1 aliphatic heterocycles. The fourth-order valence-electron chi connectivity index (χ4n) is 3.32. The van der Waals surface area contributed by atoms with E-state index in [9.17, 15) is 22.8 Å². The lowest BCUT2D eigenvalue weighted by Crippen LogP contribution is -2.32. The van der Waals surface area contributed by atoms with Gasteiger partial charge in [0.05, 0.1) is 23.4 Å². The number of nitrogens with one attached hydrogen (secondary N) is 1. The molecule has 0 fully saturated rings. The maximum Gasteiger partial charge on any atom is 0.282 e. The molecule has 0 radical (unpaired) electrons. The summed E-state index contributed by atoms with van der Waals surface area (Å²) >= 11 is 5.84. The van der Waals surface area contributed by atoms with Crippen molar-refractivity contribution < 1.29 is 27.5 Å². The van der Waals surface area contributed by atoms with Gasteiger partial charge in [0.1, 0.15) is 17.3 Å². The molecule has 1 aliphatic rings. The Morgan fingerprint density at radius 1 is 0.875 bits per heavy atom. The van der Waals surface area contributed by atoms with Crippen LogP contribution in [0.4, 0.5) is 24.5 Å². The van der Waals surface area contributed by atoms with E-state index in [0.29, 0.717) is 11.3 Å². The van der Waals surface area contributed by atoms with Crippen molar-refractivity contribution in [2.45, 2.75) is 0 Å². The standard InChI is InChI=1S/C23H14ClF3N2O3/c1-32-19-5-3-2-4-14(19)20-21(28-12-6-8-17(26)18(27)10-12)23(31)29(22(20)30)13-7-9-16(25)15(24)11-13/h2-11,28H,1H3. The van der Waals surface area contributed by atoms with Gasteiger partial charge in [0, 0.05) is 17.3 Å². The summed E-state index contributed by atoms with van der Waals surface area (Å²) in [5.74, 6) is -4.12. The van der Waals surface area contributed by atoms with Crippen LogP contribution in [-0.2, 0) is 9.59 Å². The Morgan fingerprint density at radius 3 is 2.28 bits per heavy atom. The van der Waals surface area contributed by atoms with Gasteiger partial charge in [0.25, 0.3) is 11.8 Å². The molecule has 32 heavy (non-hydrogen) atoms. The van der Waals surface area contributed by atoms with Crippen LogP contribution in [-0.4, -0.2) is 18.9 Å². The number of anilines is 2. The molecule has 4 rings (SSSR count). The molecular formula is C23H14ClF3N2O3. The summed E-state index contributed by atoms with van der Waals surface area (Å²) in [6, 6.07) is 12.9. The van der Waals surface area contributed by atoms with Crippen molar-refractivity contribution in [3.8, 4) is 5.75 Å². The van der Waals surface area contributed by atoms with Gasteiger partial charge < -0.3 is 10.1 Å². The first kappa shape index (κ1) is 21.5. The van der Waals surface area contributed by atoms with Crippen LogP contribution in [0.3, 0.4) is 0 Å². The largest absolute Gasteiger partial charge is 0.496 e. The van der Waals surface area contributed by atoms with Gasteiger partial charge in [-0.1, -0.05) is 29.8 Å². The number of carbonyl (C=O) groups is 2. The first-order valence-corrected chi connectivity index (χ1v) is 9.63. The van der Waals surface area contributed by atoms with E-state index in [0.717, 1.165) is 29.2 Å². The SMILES string of the molecule is COc1ccccc1C1=C(Nc2ccc(F)c(F)c2)C(=O)N(c2ccc(F)c(Cl)c2)C1=O. The van der Waals surface area contributed by atoms with E-state index < -0.39 is 29.3 Å². The Hall–Kier alpha value is -3.78. The second kappa shape index (κ2) is 8.39. The zero-order valence-electron chi connectivity index (χ0n) is 16.5. The minimum atomic E-state index is -1.13. The van der Waals surface area contributed by atoms with Gasteiger partial charge in [-0.25, -0.2) is 18.1 Å². The number of ether oxygens (including phenoxy) is 1. The number of hydrogen-bond acceptors (Lipinski definition) is 4. The summed E-state index contributed by atoms with van der Waals surface area (Å²) in [6.07, 6.45) is 0. The highest BCUT2D eigenvalue weighted by molar-refractivity contribution is 6.46. The van der Waals surface area contributed by atoms with Gasteiger partial charge in [-0.2, -0.15) is 0 Å². The van der Waals surface area contributed by atoms with E-state index in [-0.39, 0.29) is 27.7 Å². The number of para-hydroxylation sites is 1. The van der Waals surface area contributed by atoms with Crippen LogP contribution < -0.4 is 15.0 Å². The number of rotatable bonds is 5. The number of halogens is 4. The molecule has 9 heteroatoms. The van der Waals surface area contributed by atoms with Crippen molar-refractivity contribution in [3.63, 3.8) is 0 Å². The quantitative estimate of drug-likeness (QED) is 0.536. The minimum absolute atomic E-state index is 0.0425. The molecule has 0 saturated carbocycles. The zero-order chi connectivity index (χ0) is 23.0. The Kier molecular flexibility index (Phi) is 5.63. The van der Waals surface area contributed by atoms with Crippen molar-refractivity contribution in [3.05, 3.63) is 94.4 Å². The Balaban J connectivity index is 1.87. The first-order valence-electron chi connectivity index (χ1n) is 9.25. The maximum atomic E-state index is 13.7. The smallest absolute Gasteiger partial charge is 0.282 e. The van der Waals surface area contributed by atoms with Crippen molar-refractivity contribution in [1.82, 2.24) is 0 Å². The third-order valence-corrected chi connectivity index (χ3v) is 5.10. The maximum absolute atomic E-state index is 13.7. The topological polar surface area (TPSA) is 58.6 Å². The highest BCUT2D eigenvalue weighted by Crippen LogP contribution is 2.38. The van der Waals surface area contributed by atoms with Crippen LogP contribution >= 0.6 is 11.6 Å². The molecule has 162 valence electrons. The molecule has 0 atom stereocenters. The molecule has 3 aromatic carbocycles. The summed E-state index contributed by atoms with van der Waals surface area (Å²) in [5, 5.41) is 2.44. The van der Waals surface area contributed by atoms with E-state index >= 15 is 0 Å². The fourth-order valence-corrected chi connectivity index (χ4v) is 3.50. The van der Waals surface area contributed by atoms with Crippen LogP contribution in [0.25, 0.3) is 5.57 Å². The number of carbonyl (C=O) groups excluding carboxylic acids is 2. The minimum Gasteiger partial charge on any atom is -0.496 e. The number of methoxy groups -OCH3 is 1. The zero-order valence-corrected chi connectivity index (χ0v) is 17.2. The average molecular weight is 459 g/mol. The number of imide groups is 1. The number of hydrogen-bond donors (Lipinski definition) is 1. The van der Waals surface area contributed by atoms with Gasteiger partial charge in [-0.05, 0) is 36.4 Å². The third kappa shape index (κ3) is 3.69. The molecule has 0 spiro atoms. The molecule has 2 amide bonds. The molecule has 1 N–H and O–H groups in total. The molecule has 0 saturated heterocycles. The van der Waals surface area contributed by atoms with Gasteiger partial charge in [-0.3, -0.25) is 9.59 Å². The second-order valence-corrected chi connectivity index (χ2v) is 7.16. The fraction of sp³-hybridized carbons (Fsp3) is 0.0435. The normalized spacial score (nSPS) is 13.7. The van der Waals surface area contributed by atoms with Crippen molar-refractivity contribution in [2.75, 3.05) is 17.3 Å². The lowest BCUT2D eigenvalue weighted by molar-refractivity contribution is -0.120. The van der Waals surface area contributed by atoms with Gasteiger partial charge in [0.15, 0.2) is 11.6 Å². The predicted molar refractivity (Wildman–Crippen MR) is 114 cm³/mol. The van der Waals surface area contributed by atoms with Crippen molar-refractivity contribution in [1.29, 1.82) is 0 Å². The summed E-state index contributed by atoms with van der Waals surface area (Å²) in [7, 11) is 1.40. The first-order chi connectivity index (χ1) is 15.3. The number of amides is 2. The molecule has 0 unspecified atom stereocenters. The Bertz CT molecular complexity index is 1290. The van der Waals surface area contributed by atoms with Crippen molar-refractivity contribution in [2.24, 2.45) is 0 Å². The van der Waals surface area contributed by atoms with Crippen LogP contribution in [0.2, 0.25) is 5.02 Å². The summed E-state index contributed by atoms with van der Waals surface area (Å²) in [5.41, 5.74) is 0.144. The lowest BCUT2D eigenvalue weighted by Gasteiger charge is -2.16. The number of nitrogens with zero attached hydrogens (tertiary/aromatic N) is 1. The van der Waals surface area contributed by atoms with Crippen LogP contribution in [0.1, 0.15) is 5.56 Å². The monoisotopic (exact) mass is 458 g/mol. The molecular weight excluding hydrogens is 445 g/mol. The van der Waals surface area contributed by atoms with Crippen LogP contribution in [0.15, 0.2) is 66.4 Å². The molecule has 0 aromatic heterocycles. The van der Waals surface area contributed by atoms with Crippen LogP contribution in [0, 0.1) is 17.5 Å². The van der Waals surface area contributed by atoms with E-state index in [2.05, 4.69) is 5.32 Å². The van der Waals surface area contributed by atoms with Gasteiger partial charge >= 0.3 is 0 Å². The Morgan fingerprint density at radius 2 is 1.59 bits per heavy atom. The highest BCUT2D eigenvalue weighted by atomic mass is 35.5. The molecule has 5 nitrogen and oxygen atoms in total.